The van der Waals surface area contributed by atoms with E-state index < -0.39 is 36.6 Å². The van der Waals surface area contributed by atoms with Gasteiger partial charge in [0, 0.05) is 12.7 Å². The number of hydrogen-bond donors (Lipinski definition) is 2. The lowest BCUT2D eigenvalue weighted by molar-refractivity contribution is -0.123. The molecule has 8 nitrogen and oxygen atoms in total. The molecular formula is C19H19Cl2FN4O4S. The molecule has 0 aliphatic heterocycles. The van der Waals surface area contributed by atoms with Gasteiger partial charge in [-0.3, -0.25) is 9.36 Å². The van der Waals surface area contributed by atoms with Crippen LogP contribution in [0.3, 0.4) is 0 Å². The molecule has 0 aliphatic rings. The number of hydrogen-bond acceptors (Lipinski definition) is 6. The fourth-order valence-electron chi connectivity index (χ4n) is 2.93. The smallest absolute Gasteiger partial charge is 0.346 e. The largest absolute Gasteiger partial charge is 0.394 e. The molecule has 2 N–H and O–H groups in total. The Hall–Kier alpha value is -2.24. The Morgan fingerprint density at radius 2 is 2.13 bits per heavy atom. The van der Waals surface area contributed by atoms with Gasteiger partial charge in [0.2, 0.25) is 5.91 Å². The highest BCUT2D eigenvalue weighted by molar-refractivity contribution is 7.19. The second kappa shape index (κ2) is 10.4. The molecule has 0 radical (unpaired) electrons. The van der Waals surface area contributed by atoms with Crippen molar-refractivity contribution in [1.29, 1.82) is 0 Å². The summed E-state index contributed by atoms with van der Waals surface area (Å²) >= 11 is 13.0. The third kappa shape index (κ3) is 5.34. The van der Waals surface area contributed by atoms with E-state index in [0.717, 1.165) is 4.68 Å². The van der Waals surface area contributed by atoms with E-state index in [-0.39, 0.29) is 23.7 Å². The summed E-state index contributed by atoms with van der Waals surface area (Å²) in [6.45, 7) is -0.484. The molecule has 1 atom stereocenters. The number of halogens is 3. The summed E-state index contributed by atoms with van der Waals surface area (Å²) in [5.41, 5.74) is -0.476. The molecule has 1 amide bonds. The number of aromatic nitrogens is 3. The first kappa shape index (κ1) is 23.4. The van der Waals surface area contributed by atoms with Gasteiger partial charge in [0.1, 0.15) is 12.4 Å². The number of benzene rings is 1. The average molecular weight is 489 g/mol. The maximum Gasteiger partial charge on any atom is 0.346 e. The normalized spacial score (nSPS) is 12.2. The van der Waals surface area contributed by atoms with Gasteiger partial charge in [-0.2, -0.15) is 0 Å². The Kier molecular flexibility index (Phi) is 7.84. The molecule has 2 heterocycles. The highest BCUT2D eigenvalue weighted by Gasteiger charge is 2.22. The number of carbonyl (C=O) groups is 1. The number of rotatable bonds is 9. The number of carbonyl (C=O) groups excluding carboxylic acids is 1. The van der Waals surface area contributed by atoms with Gasteiger partial charge in [-0.05, 0) is 18.2 Å². The second-order valence-corrected chi connectivity index (χ2v) is 8.58. The monoisotopic (exact) mass is 488 g/mol. The molecule has 31 heavy (non-hydrogen) atoms. The number of thiophene rings is 1. The Morgan fingerprint density at radius 3 is 2.77 bits per heavy atom. The van der Waals surface area contributed by atoms with Gasteiger partial charge in [-0.25, -0.2) is 13.9 Å². The molecule has 0 bridgehead atoms. The van der Waals surface area contributed by atoms with Crippen LogP contribution >= 0.6 is 34.5 Å². The van der Waals surface area contributed by atoms with Crippen molar-refractivity contribution in [2.45, 2.75) is 19.1 Å². The van der Waals surface area contributed by atoms with Gasteiger partial charge in [0.05, 0.1) is 40.0 Å². The van der Waals surface area contributed by atoms with Crippen LogP contribution in [0.1, 0.15) is 11.6 Å². The SMILES string of the molecule is COCCn1c(-c2ccc(Cl)s2)nn(CC(=O)NC(CO)c2cccc(Cl)c2F)c1=O. The van der Waals surface area contributed by atoms with E-state index in [1.54, 1.807) is 12.1 Å². The molecule has 166 valence electrons. The number of nitrogens with zero attached hydrogens (tertiary/aromatic N) is 3. The molecule has 0 aliphatic carbocycles. The molecule has 2 aromatic heterocycles. The highest BCUT2D eigenvalue weighted by Crippen LogP contribution is 2.29. The van der Waals surface area contributed by atoms with E-state index in [1.165, 1.54) is 41.2 Å². The number of aliphatic hydroxyl groups is 1. The van der Waals surface area contributed by atoms with E-state index in [2.05, 4.69) is 10.4 Å². The summed E-state index contributed by atoms with van der Waals surface area (Å²) < 4.78 is 22.2. The van der Waals surface area contributed by atoms with Gasteiger partial charge in [0.15, 0.2) is 5.82 Å². The lowest BCUT2D eigenvalue weighted by atomic mass is 10.1. The minimum atomic E-state index is -1.03. The minimum Gasteiger partial charge on any atom is -0.394 e. The van der Waals surface area contributed by atoms with Crippen LogP contribution in [0.15, 0.2) is 35.1 Å². The molecule has 0 saturated carbocycles. The van der Waals surface area contributed by atoms with Crippen LogP contribution in [0, 0.1) is 5.82 Å². The highest BCUT2D eigenvalue weighted by atomic mass is 35.5. The van der Waals surface area contributed by atoms with Crippen LogP contribution < -0.4 is 11.0 Å². The lowest BCUT2D eigenvalue weighted by Crippen LogP contribution is -2.37. The van der Waals surface area contributed by atoms with Crippen LogP contribution in [0.2, 0.25) is 9.36 Å². The molecule has 3 aromatic rings. The molecule has 12 heteroatoms. The number of ether oxygens (including phenoxy) is 1. The molecule has 0 saturated heterocycles. The molecule has 1 aromatic carbocycles. The minimum absolute atomic E-state index is 0.0373. The van der Waals surface area contributed by atoms with E-state index in [1.807, 2.05) is 0 Å². The van der Waals surface area contributed by atoms with Crippen LogP contribution in [0.25, 0.3) is 10.7 Å². The Bertz CT molecular complexity index is 1130. The second-order valence-electron chi connectivity index (χ2n) is 6.46. The Balaban J connectivity index is 1.84. The Labute approximate surface area is 190 Å². The number of nitrogens with one attached hydrogen (secondary N) is 1. The number of aliphatic hydroxyl groups excluding tert-OH is 1. The standard InChI is InChI=1S/C19H19Cl2FN4O4S/c1-30-8-7-25-18(14-5-6-15(21)31-14)24-26(19(25)29)9-16(28)23-13(10-27)11-3-2-4-12(20)17(11)22/h2-6,13,27H,7-10H2,1H3,(H,23,28). The van der Waals surface area contributed by atoms with Crippen molar-refractivity contribution in [3.8, 4) is 10.7 Å². The predicted molar refractivity (Wildman–Crippen MR) is 116 cm³/mol. The van der Waals surface area contributed by atoms with E-state index in [4.69, 9.17) is 27.9 Å². The van der Waals surface area contributed by atoms with Crippen LogP contribution in [0.5, 0.6) is 0 Å². The zero-order valence-corrected chi connectivity index (χ0v) is 18.7. The van der Waals surface area contributed by atoms with Crippen LogP contribution in [-0.4, -0.2) is 45.7 Å². The number of methoxy groups -OCH3 is 1. The van der Waals surface area contributed by atoms with Crippen molar-refractivity contribution in [2.24, 2.45) is 0 Å². The van der Waals surface area contributed by atoms with Gasteiger partial charge in [-0.1, -0.05) is 35.3 Å². The van der Waals surface area contributed by atoms with Gasteiger partial charge >= 0.3 is 5.69 Å². The van der Waals surface area contributed by atoms with Crippen LogP contribution in [-0.2, 0) is 22.6 Å². The maximum atomic E-state index is 14.3. The lowest BCUT2D eigenvalue weighted by Gasteiger charge is -2.17. The third-order valence-corrected chi connectivity index (χ3v) is 5.92. The summed E-state index contributed by atoms with van der Waals surface area (Å²) in [4.78, 5) is 26.0. The molecule has 0 spiro atoms. The van der Waals surface area contributed by atoms with Crippen molar-refractivity contribution >= 4 is 40.4 Å². The van der Waals surface area contributed by atoms with Gasteiger partial charge in [0.25, 0.3) is 0 Å². The fraction of sp³-hybridized carbons (Fsp3) is 0.316. The van der Waals surface area contributed by atoms with Gasteiger partial charge < -0.3 is 15.2 Å². The fourth-order valence-corrected chi connectivity index (χ4v) is 4.15. The number of amides is 1. The first-order chi connectivity index (χ1) is 14.8. The maximum absolute atomic E-state index is 14.3. The third-order valence-electron chi connectivity index (χ3n) is 4.40. The van der Waals surface area contributed by atoms with Crippen molar-refractivity contribution in [3.63, 3.8) is 0 Å². The van der Waals surface area contributed by atoms with Gasteiger partial charge in [-0.15, -0.1) is 16.4 Å². The zero-order chi connectivity index (χ0) is 22.5. The van der Waals surface area contributed by atoms with Crippen LogP contribution in [0.4, 0.5) is 4.39 Å². The summed E-state index contributed by atoms with van der Waals surface area (Å²) in [6, 6.07) is 6.66. The van der Waals surface area contributed by atoms with E-state index >= 15 is 0 Å². The molecule has 3 rings (SSSR count). The Morgan fingerprint density at radius 1 is 1.35 bits per heavy atom. The van der Waals surface area contributed by atoms with E-state index in [9.17, 15) is 19.1 Å². The quantitative estimate of drug-likeness (QED) is 0.482. The molecule has 1 unspecified atom stereocenters. The molecule has 0 fully saturated rings. The first-order valence-electron chi connectivity index (χ1n) is 9.12. The summed E-state index contributed by atoms with van der Waals surface area (Å²) in [6.07, 6.45) is 0. The predicted octanol–water partition coefficient (Wildman–Crippen LogP) is 2.72. The zero-order valence-electron chi connectivity index (χ0n) is 16.3. The summed E-state index contributed by atoms with van der Waals surface area (Å²) in [7, 11) is 1.51. The van der Waals surface area contributed by atoms with Crippen molar-refractivity contribution in [1.82, 2.24) is 19.7 Å². The van der Waals surface area contributed by atoms with E-state index in [0.29, 0.717) is 15.0 Å². The van der Waals surface area contributed by atoms with Crippen molar-refractivity contribution in [3.05, 3.63) is 61.6 Å². The first-order valence-corrected chi connectivity index (χ1v) is 10.7. The molecular weight excluding hydrogens is 470 g/mol. The summed E-state index contributed by atoms with van der Waals surface area (Å²) in [5, 5.41) is 16.3. The van der Waals surface area contributed by atoms with Crippen molar-refractivity contribution in [2.75, 3.05) is 20.3 Å². The average Bonchev–Trinajstić information content (AvgIpc) is 3.30. The topological polar surface area (TPSA) is 98.4 Å². The van der Waals surface area contributed by atoms with Crippen molar-refractivity contribution < 1.29 is 19.0 Å². The summed E-state index contributed by atoms with van der Waals surface area (Å²) in [5.74, 6) is -1.01.